The summed E-state index contributed by atoms with van der Waals surface area (Å²) in [6.45, 7) is 3.00. The molecule has 0 saturated heterocycles. The third-order valence-electron chi connectivity index (χ3n) is 6.22. The maximum Gasteiger partial charge on any atom is 0.268 e. The summed E-state index contributed by atoms with van der Waals surface area (Å²) < 4.78 is 14.5. The van der Waals surface area contributed by atoms with Gasteiger partial charge in [-0.2, -0.15) is 0 Å². The molecule has 190 valence electrons. The number of carbonyl (C=O) groups excluding carboxylic acids is 2. The van der Waals surface area contributed by atoms with Crippen LogP contribution in [0.25, 0.3) is 11.3 Å². The van der Waals surface area contributed by atoms with Gasteiger partial charge in [-0.25, -0.2) is 0 Å². The van der Waals surface area contributed by atoms with E-state index in [4.69, 9.17) is 9.47 Å². The Morgan fingerprint density at radius 2 is 1.78 bits per heavy atom. The van der Waals surface area contributed by atoms with Gasteiger partial charge in [-0.3, -0.25) is 9.59 Å². The van der Waals surface area contributed by atoms with Crippen molar-refractivity contribution in [1.82, 2.24) is 19.4 Å². The Balaban J connectivity index is 1.68. The van der Waals surface area contributed by atoms with E-state index < -0.39 is 0 Å². The highest BCUT2D eigenvalue weighted by molar-refractivity contribution is 7.08. The number of amides is 2. The molecule has 0 radical (unpaired) electrons. The fraction of sp³-hybridized carbons (Fsp3) is 0.385. The summed E-state index contributed by atoms with van der Waals surface area (Å²) in [7, 11) is 5.17. The Hall–Kier alpha value is -3.34. The number of anilines is 1. The van der Waals surface area contributed by atoms with E-state index in [-0.39, 0.29) is 18.4 Å². The molecule has 0 atom stereocenters. The van der Waals surface area contributed by atoms with Gasteiger partial charge in [0.05, 0.1) is 7.11 Å². The van der Waals surface area contributed by atoms with E-state index in [9.17, 15) is 9.59 Å². The molecule has 9 nitrogen and oxygen atoms in total. The third-order valence-corrected chi connectivity index (χ3v) is 6.93. The van der Waals surface area contributed by atoms with E-state index >= 15 is 0 Å². The maximum absolute atomic E-state index is 13.9. The molecular formula is C26H31N5O4S. The molecule has 0 aliphatic carbocycles. The van der Waals surface area contributed by atoms with Gasteiger partial charge in [0, 0.05) is 44.5 Å². The van der Waals surface area contributed by atoms with Crippen molar-refractivity contribution in [2.45, 2.75) is 13.0 Å². The topological polar surface area (TPSA) is 88.1 Å². The second-order valence-electron chi connectivity index (χ2n) is 8.67. The number of para-hydroxylation sites is 1. The highest BCUT2D eigenvalue weighted by Gasteiger charge is 2.27. The summed E-state index contributed by atoms with van der Waals surface area (Å²) in [6.07, 6.45) is 0.814. The highest BCUT2D eigenvalue weighted by Crippen LogP contribution is 2.29. The Kier molecular flexibility index (Phi) is 8.63. The van der Waals surface area contributed by atoms with Gasteiger partial charge in [0.2, 0.25) is 0 Å². The number of likely N-dealkylation sites (N-methyl/N-ethyl adjacent to an activating group) is 1. The molecule has 1 aromatic heterocycles. The van der Waals surface area contributed by atoms with E-state index in [2.05, 4.69) is 14.5 Å². The number of ether oxygens (including phenoxy) is 2. The first-order chi connectivity index (χ1) is 17.5. The Morgan fingerprint density at radius 3 is 2.53 bits per heavy atom. The molecular weight excluding hydrogens is 478 g/mol. The van der Waals surface area contributed by atoms with Crippen molar-refractivity contribution in [2.75, 3.05) is 59.0 Å². The Bertz CT molecular complexity index is 1180. The number of methoxy groups -OCH3 is 2. The maximum atomic E-state index is 13.9. The zero-order chi connectivity index (χ0) is 25.5. The van der Waals surface area contributed by atoms with Crippen LogP contribution in [-0.2, 0) is 16.1 Å². The average molecular weight is 510 g/mol. The van der Waals surface area contributed by atoms with Crippen molar-refractivity contribution < 1.29 is 19.1 Å². The summed E-state index contributed by atoms with van der Waals surface area (Å²) >= 11 is 1.10. The van der Waals surface area contributed by atoms with Crippen molar-refractivity contribution in [2.24, 2.45) is 0 Å². The number of hydrogen-bond acceptors (Lipinski definition) is 8. The van der Waals surface area contributed by atoms with E-state index in [0.717, 1.165) is 47.1 Å². The molecule has 2 amide bonds. The molecule has 0 bridgehead atoms. The second-order valence-corrected chi connectivity index (χ2v) is 9.42. The first-order valence-electron chi connectivity index (χ1n) is 11.8. The van der Waals surface area contributed by atoms with Crippen molar-refractivity contribution in [3.63, 3.8) is 0 Å². The van der Waals surface area contributed by atoms with Gasteiger partial charge in [0.15, 0.2) is 0 Å². The van der Waals surface area contributed by atoms with E-state index in [0.29, 0.717) is 36.8 Å². The summed E-state index contributed by atoms with van der Waals surface area (Å²) in [5.41, 5.74) is 3.07. The fourth-order valence-electron chi connectivity index (χ4n) is 4.26. The molecule has 36 heavy (non-hydrogen) atoms. The quantitative estimate of drug-likeness (QED) is 0.522. The fourth-order valence-corrected chi connectivity index (χ4v) is 4.92. The van der Waals surface area contributed by atoms with Gasteiger partial charge < -0.3 is 24.2 Å². The van der Waals surface area contributed by atoms with Gasteiger partial charge in [-0.05, 0) is 67.4 Å². The van der Waals surface area contributed by atoms with E-state index in [1.54, 1.807) is 12.0 Å². The van der Waals surface area contributed by atoms with Crippen LogP contribution < -0.4 is 9.64 Å². The second kappa shape index (κ2) is 12.1. The third kappa shape index (κ3) is 5.89. The molecule has 1 aliphatic rings. The standard InChI is InChI=1S/C26H31N5O4S/c1-29-13-6-14-31(23(32)18-34-2)22-8-5-4-7-20(22)17-30(16-15-29)26(33)25-24(27-28-36-25)19-9-11-21(35-3)12-10-19/h4-5,7-12H,6,13-18H2,1-3H3. The lowest BCUT2D eigenvalue weighted by Gasteiger charge is -2.27. The molecule has 4 rings (SSSR count). The van der Waals surface area contributed by atoms with Gasteiger partial charge in [0.1, 0.15) is 22.9 Å². The molecule has 0 N–H and O–H groups in total. The van der Waals surface area contributed by atoms with E-state index in [1.807, 2.05) is 60.5 Å². The van der Waals surface area contributed by atoms with E-state index in [1.165, 1.54) is 7.11 Å². The number of fused-ring (bicyclic) bond motifs is 1. The first kappa shape index (κ1) is 25.7. The van der Waals surface area contributed by atoms with Gasteiger partial charge in [-0.1, -0.05) is 22.7 Å². The smallest absolute Gasteiger partial charge is 0.268 e. The summed E-state index contributed by atoms with van der Waals surface area (Å²) in [5.74, 6) is 0.500. The van der Waals surface area contributed by atoms with Crippen LogP contribution in [0.5, 0.6) is 5.75 Å². The van der Waals surface area contributed by atoms with Crippen LogP contribution in [0.4, 0.5) is 5.69 Å². The monoisotopic (exact) mass is 509 g/mol. The predicted molar refractivity (Wildman–Crippen MR) is 139 cm³/mol. The number of hydrogen-bond donors (Lipinski definition) is 0. The van der Waals surface area contributed by atoms with Gasteiger partial charge in [0.25, 0.3) is 11.8 Å². The number of aromatic nitrogens is 2. The molecule has 0 saturated carbocycles. The van der Waals surface area contributed by atoms with Crippen LogP contribution in [0.1, 0.15) is 21.7 Å². The van der Waals surface area contributed by atoms with Crippen LogP contribution in [0.15, 0.2) is 48.5 Å². The zero-order valence-electron chi connectivity index (χ0n) is 20.8. The molecule has 2 heterocycles. The van der Waals surface area contributed by atoms with Crippen LogP contribution in [-0.4, -0.2) is 85.3 Å². The Morgan fingerprint density at radius 1 is 1.00 bits per heavy atom. The molecule has 2 aromatic carbocycles. The van der Waals surface area contributed by atoms with Crippen LogP contribution in [0, 0.1) is 0 Å². The largest absolute Gasteiger partial charge is 0.497 e. The first-order valence-corrected chi connectivity index (χ1v) is 12.6. The van der Waals surface area contributed by atoms with Crippen LogP contribution >= 0.6 is 11.5 Å². The van der Waals surface area contributed by atoms with Crippen LogP contribution in [0.2, 0.25) is 0 Å². The number of carbonyl (C=O) groups is 2. The molecule has 1 aliphatic heterocycles. The minimum Gasteiger partial charge on any atom is -0.497 e. The lowest BCUT2D eigenvalue weighted by molar-refractivity contribution is -0.122. The van der Waals surface area contributed by atoms with Crippen molar-refractivity contribution in [3.8, 4) is 17.0 Å². The Labute approximate surface area is 215 Å². The van der Waals surface area contributed by atoms with Gasteiger partial charge >= 0.3 is 0 Å². The minimum absolute atomic E-state index is 0.00454. The average Bonchev–Trinajstić information content (AvgIpc) is 3.38. The highest BCUT2D eigenvalue weighted by atomic mass is 32.1. The molecule has 0 unspecified atom stereocenters. The zero-order valence-corrected chi connectivity index (χ0v) is 21.7. The number of benzene rings is 2. The van der Waals surface area contributed by atoms with Crippen molar-refractivity contribution in [1.29, 1.82) is 0 Å². The van der Waals surface area contributed by atoms with Crippen molar-refractivity contribution in [3.05, 3.63) is 59.0 Å². The lowest BCUT2D eigenvalue weighted by atomic mass is 10.1. The SMILES string of the molecule is COCC(=O)N1CCCN(C)CCN(C(=O)c2snnc2-c2ccc(OC)cc2)Cc2ccccc21. The molecule has 0 spiro atoms. The summed E-state index contributed by atoms with van der Waals surface area (Å²) in [5, 5.41) is 4.27. The normalized spacial score (nSPS) is 15.2. The number of rotatable bonds is 5. The van der Waals surface area contributed by atoms with Crippen molar-refractivity contribution >= 4 is 29.0 Å². The summed E-state index contributed by atoms with van der Waals surface area (Å²) in [4.78, 5) is 33.1. The number of nitrogens with zero attached hydrogens (tertiary/aromatic N) is 5. The predicted octanol–water partition coefficient (Wildman–Crippen LogP) is 3.17. The van der Waals surface area contributed by atoms with Crippen LogP contribution in [0.3, 0.4) is 0 Å². The molecule has 0 fully saturated rings. The molecule has 3 aromatic rings. The molecule has 10 heteroatoms. The minimum atomic E-state index is -0.131. The summed E-state index contributed by atoms with van der Waals surface area (Å²) in [6, 6.07) is 15.2. The lowest BCUT2D eigenvalue weighted by Crippen LogP contribution is -2.37. The van der Waals surface area contributed by atoms with Gasteiger partial charge in [-0.15, -0.1) is 5.10 Å².